The number of nitrogens with zero attached hydrogens (tertiary/aromatic N) is 4. The Bertz CT molecular complexity index is 2780. The topological polar surface area (TPSA) is 124 Å². The number of fused-ring (bicyclic) bond motifs is 2. The number of hydrogen-bond donors (Lipinski definition) is 2. The highest BCUT2D eigenvalue weighted by Crippen LogP contribution is 2.35. The lowest BCUT2D eigenvalue weighted by molar-refractivity contribution is -0.112. The molecule has 2 heterocycles. The first kappa shape index (κ1) is 39.3. The Hall–Kier alpha value is -7.43. The lowest BCUT2D eigenvalue weighted by Crippen LogP contribution is -2.07. The van der Waals surface area contributed by atoms with Gasteiger partial charge in [0, 0.05) is 45.7 Å². The van der Waals surface area contributed by atoms with Crippen LogP contribution < -0.4 is 11.1 Å². The molecule has 0 unspecified atom stereocenters. The molecule has 8 rings (SSSR count). The van der Waals surface area contributed by atoms with Gasteiger partial charge in [0.25, 0.3) is 0 Å². The van der Waals surface area contributed by atoms with E-state index >= 15 is 0 Å². The molecule has 0 atom stereocenters. The second-order valence-corrected chi connectivity index (χ2v) is 12.8. The van der Waals surface area contributed by atoms with Gasteiger partial charge in [0.15, 0.2) is 0 Å². The summed E-state index contributed by atoms with van der Waals surface area (Å²) in [5, 5.41) is 4.00. The molecule has 6 aromatic carbocycles. The van der Waals surface area contributed by atoms with Crippen LogP contribution in [0.5, 0.6) is 0 Å². The molecule has 0 aliphatic heterocycles. The number of carbonyl (C=O) groups is 2. The minimum atomic E-state index is -0.509. The number of hydrogen-bond acceptors (Lipinski definition) is 7. The summed E-state index contributed by atoms with van der Waals surface area (Å²) in [5.41, 5.74) is 15.9. The van der Waals surface area contributed by atoms with E-state index in [1.807, 2.05) is 78.9 Å². The molecule has 0 radical (unpaired) electrons. The highest BCUT2D eigenvalue weighted by atomic mass is 35.5. The van der Waals surface area contributed by atoms with E-state index in [2.05, 4.69) is 38.4 Å². The van der Waals surface area contributed by atoms with Gasteiger partial charge >= 0.3 is 0 Å². The second kappa shape index (κ2) is 18.3. The number of halogens is 3. The van der Waals surface area contributed by atoms with E-state index in [0.717, 1.165) is 72.4 Å². The van der Waals surface area contributed by atoms with Crippen LogP contribution in [0.2, 0.25) is 0 Å². The number of amides is 1. The number of carbonyl (C=O) groups excluding carboxylic acids is 2. The zero-order valence-electron chi connectivity index (χ0n) is 30.2. The third-order valence-electron chi connectivity index (χ3n) is 8.51. The van der Waals surface area contributed by atoms with Gasteiger partial charge in [0.1, 0.15) is 24.3 Å². The fraction of sp³-hybridized carbons (Fsp3) is 0. The van der Waals surface area contributed by atoms with Crippen LogP contribution >= 0.6 is 11.6 Å². The van der Waals surface area contributed by atoms with Crippen LogP contribution in [0.4, 0.5) is 20.2 Å². The summed E-state index contributed by atoms with van der Waals surface area (Å²) in [7, 11) is 0. The van der Waals surface area contributed by atoms with Crippen molar-refractivity contribution >= 4 is 55.9 Å². The number of anilines is 2. The molecular weight excluding hydrogens is 742 g/mol. The molecule has 0 bridgehead atoms. The van der Waals surface area contributed by atoms with Crippen molar-refractivity contribution in [3.63, 3.8) is 0 Å². The number of nitrogens with two attached hydrogens (primary N) is 1. The average Bonchev–Trinajstić information content (AvgIpc) is 3.23. The Morgan fingerprint density at radius 1 is 0.596 bits per heavy atom. The van der Waals surface area contributed by atoms with Crippen molar-refractivity contribution in [3.05, 3.63) is 183 Å². The second-order valence-electron chi connectivity index (χ2n) is 12.4. The molecule has 0 saturated heterocycles. The van der Waals surface area contributed by atoms with E-state index in [9.17, 15) is 18.4 Å². The molecule has 1 amide bonds. The Balaban J connectivity index is 0.000000174. The van der Waals surface area contributed by atoms with Gasteiger partial charge < -0.3 is 11.1 Å². The minimum Gasteiger partial charge on any atom is -0.399 e. The first-order valence-corrected chi connectivity index (χ1v) is 17.7. The van der Waals surface area contributed by atoms with Crippen molar-refractivity contribution < 1.29 is 18.4 Å². The van der Waals surface area contributed by atoms with E-state index in [4.69, 9.17) is 17.3 Å². The van der Waals surface area contributed by atoms with Crippen LogP contribution in [-0.4, -0.2) is 31.1 Å². The van der Waals surface area contributed by atoms with Gasteiger partial charge in [-0.15, -0.1) is 0 Å². The highest BCUT2D eigenvalue weighted by Gasteiger charge is 2.12. The molecule has 280 valence electrons. The van der Waals surface area contributed by atoms with Crippen molar-refractivity contribution in [2.24, 2.45) is 0 Å². The predicted octanol–water partition coefficient (Wildman–Crippen LogP) is 10.9. The first-order valence-electron chi connectivity index (χ1n) is 17.3. The molecule has 0 aliphatic carbocycles. The largest absolute Gasteiger partial charge is 0.399 e. The van der Waals surface area contributed by atoms with Crippen LogP contribution in [0.25, 0.3) is 66.3 Å². The molecule has 3 N–H and O–H groups in total. The summed E-state index contributed by atoms with van der Waals surface area (Å²) in [6, 6.07) is 36.0. The van der Waals surface area contributed by atoms with Gasteiger partial charge in [-0.3, -0.25) is 9.59 Å². The molecule has 11 heteroatoms. The Morgan fingerprint density at radius 3 is 1.54 bits per heavy atom. The van der Waals surface area contributed by atoms with Crippen molar-refractivity contribution in [2.45, 2.75) is 0 Å². The van der Waals surface area contributed by atoms with Crippen molar-refractivity contribution in [1.82, 2.24) is 19.9 Å². The summed E-state index contributed by atoms with van der Waals surface area (Å²) in [6.45, 7) is 6.55. The highest BCUT2D eigenvalue weighted by molar-refractivity contribution is 6.66. The van der Waals surface area contributed by atoms with E-state index in [1.54, 1.807) is 30.6 Å². The molecule has 0 aliphatic rings. The zero-order chi connectivity index (χ0) is 40.3. The van der Waals surface area contributed by atoms with Gasteiger partial charge in [-0.05, 0) is 130 Å². The lowest BCUT2D eigenvalue weighted by Gasteiger charge is -2.11. The molecule has 0 spiro atoms. The Kier molecular flexibility index (Phi) is 12.6. The van der Waals surface area contributed by atoms with E-state index in [-0.39, 0.29) is 17.5 Å². The minimum absolute atomic E-state index is 0.262. The molecular formula is C46H33ClF2N6O2. The smallest absolute Gasteiger partial charge is 0.247 e. The van der Waals surface area contributed by atoms with Crippen molar-refractivity contribution in [3.8, 4) is 44.5 Å². The van der Waals surface area contributed by atoms with Crippen LogP contribution in [0, 0.1) is 11.6 Å². The van der Waals surface area contributed by atoms with Gasteiger partial charge in [-0.25, -0.2) is 28.7 Å². The number of benzene rings is 6. The summed E-state index contributed by atoms with van der Waals surface area (Å²) in [5.74, 6) is -0.835. The summed E-state index contributed by atoms with van der Waals surface area (Å²) >= 11 is 4.71. The standard InChI is InChI=1S/C23H16FN3O.C20H14FN3.C3H3ClO/c1-2-22(28)27-20-8-4-6-16(11-20)21-12-17(15-5-3-7-19(24)10-15)9-18-13-25-14-26-23(18)21;21-17-5-1-3-13(8-17)15-7-16-11-23-12-24-20(16)19(10-15)14-4-2-6-18(22)9-14;1-2-3(4)5/h2-14H,1H2,(H,27,28);1-12H,22H2;2H,1H2. The van der Waals surface area contributed by atoms with Crippen LogP contribution in [-0.2, 0) is 9.59 Å². The van der Waals surface area contributed by atoms with Crippen LogP contribution in [0.1, 0.15) is 0 Å². The number of nitrogen functional groups attached to an aromatic ring is 1. The van der Waals surface area contributed by atoms with Crippen molar-refractivity contribution in [1.29, 1.82) is 0 Å². The number of nitrogens with one attached hydrogen (secondary N) is 1. The zero-order valence-corrected chi connectivity index (χ0v) is 31.0. The average molecular weight is 775 g/mol. The predicted molar refractivity (Wildman–Crippen MR) is 225 cm³/mol. The van der Waals surface area contributed by atoms with Gasteiger partial charge in [0.2, 0.25) is 11.1 Å². The van der Waals surface area contributed by atoms with Crippen LogP contribution in [0.15, 0.2) is 172 Å². The number of aromatic nitrogens is 4. The van der Waals surface area contributed by atoms with Gasteiger partial charge in [-0.1, -0.05) is 61.7 Å². The van der Waals surface area contributed by atoms with E-state index in [1.165, 1.54) is 43.0 Å². The monoisotopic (exact) mass is 774 g/mol. The lowest BCUT2D eigenvalue weighted by atomic mass is 9.96. The molecule has 8 aromatic rings. The fourth-order valence-corrected chi connectivity index (χ4v) is 5.98. The van der Waals surface area contributed by atoms with E-state index in [0.29, 0.717) is 11.4 Å². The van der Waals surface area contributed by atoms with Gasteiger partial charge in [0.05, 0.1) is 11.0 Å². The Morgan fingerprint density at radius 2 is 1.07 bits per heavy atom. The van der Waals surface area contributed by atoms with Crippen LogP contribution in [0.3, 0.4) is 0 Å². The first-order chi connectivity index (χ1) is 27.6. The fourth-order valence-electron chi connectivity index (χ4n) is 5.98. The molecule has 8 nitrogen and oxygen atoms in total. The molecule has 2 aromatic heterocycles. The third kappa shape index (κ3) is 10.0. The Labute approximate surface area is 332 Å². The maximum absolute atomic E-state index is 13.7. The SMILES string of the molecule is C=CC(=O)Cl.C=CC(=O)Nc1cccc(-c2cc(-c3cccc(F)c3)cc3cncnc23)c1.Nc1cccc(-c2cc(-c3cccc(F)c3)cc3cncnc23)c1. The van der Waals surface area contributed by atoms with E-state index < -0.39 is 5.24 Å². The normalized spacial score (nSPS) is 10.4. The quantitative estimate of drug-likeness (QED) is 0.0938. The third-order valence-corrected chi connectivity index (χ3v) is 8.67. The maximum Gasteiger partial charge on any atom is 0.247 e. The summed E-state index contributed by atoms with van der Waals surface area (Å²) in [4.78, 5) is 38.2. The number of rotatable bonds is 7. The maximum atomic E-state index is 13.7. The van der Waals surface area contributed by atoms with Gasteiger partial charge in [-0.2, -0.15) is 0 Å². The van der Waals surface area contributed by atoms with Crippen molar-refractivity contribution in [2.75, 3.05) is 11.1 Å². The molecule has 0 saturated carbocycles. The number of allylic oxidation sites excluding steroid dienone is 1. The summed E-state index contributed by atoms with van der Waals surface area (Å²) < 4.78 is 27.3. The summed E-state index contributed by atoms with van der Waals surface area (Å²) in [6.07, 6.45) is 8.79. The molecule has 0 fully saturated rings. The molecule has 57 heavy (non-hydrogen) atoms.